The lowest BCUT2D eigenvalue weighted by atomic mass is 10.1. The van der Waals surface area contributed by atoms with Crippen LogP contribution in [0, 0.1) is 0 Å². The van der Waals surface area contributed by atoms with Gasteiger partial charge in [-0.3, -0.25) is 4.79 Å². The molecule has 0 aliphatic carbocycles. The molecule has 0 bridgehead atoms. The van der Waals surface area contributed by atoms with Crippen LogP contribution in [-0.4, -0.2) is 35.0 Å². The molecule has 0 unspecified atom stereocenters. The van der Waals surface area contributed by atoms with Crippen molar-refractivity contribution in [1.29, 1.82) is 0 Å². The number of halogens is 2. The predicted octanol–water partition coefficient (Wildman–Crippen LogP) is 3.10. The minimum absolute atomic E-state index is 0.0462. The Bertz CT molecular complexity index is 941. The van der Waals surface area contributed by atoms with Gasteiger partial charge in [-0.1, -0.05) is 12.1 Å². The summed E-state index contributed by atoms with van der Waals surface area (Å²) in [6.45, 7) is -2.98. The molecule has 0 heterocycles. The number of nitrogens with one attached hydrogen (secondary N) is 1. The SMILES string of the molecule is CNS(=O)(=O)c1ccc(C(=O)/C=C/c2ccc(OC(F)F)c(OC)c2)cc1. The molecule has 0 fully saturated rings. The molecule has 0 amide bonds. The average Bonchev–Trinajstić information content (AvgIpc) is 2.66. The molecular formula is C18H17F2NO5S. The summed E-state index contributed by atoms with van der Waals surface area (Å²) in [6, 6.07) is 9.70. The van der Waals surface area contributed by atoms with Crippen molar-refractivity contribution in [1.82, 2.24) is 4.72 Å². The van der Waals surface area contributed by atoms with Gasteiger partial charge in [-0.15, -0.1) is 0 Å². The Morgan fingerprint density at radius 2 is 1.78 bits per heavy atom. The maximum atomic E-state index is 12.3. The number of carbonyl (C=O) groups is 1. The van der Waals surface area contributed by atoms with Crippen LogP contribution in [0.15, 0.2) is 53.4 Å². The summed E-state index contributed by atoms with van der Waals surface area (Å²) in [5.41, 5.74) is 0.835. The van der Waals surface area contributed by atoms with Crippen LogP contribution in [-0.2, 0) is 10.0 Å². The Hall–Kier alpha value is -2.78. The van der Waals surface area contributed by atoms with Gasteiger partial charge in [0.15, 0.2) is 17.3 Å². The number of ketones is 1. The molecule has 0 saturated carbocycles. The first-order valence-electron chi connectivity index (χ1n) is 7.65. The van der Waals surface area contributed by atoms with Crippen molar-refractivity contribution in [3.63, 3.8) is 0 Å². The summed E-state index contributed by atoms with van der Waals surface area (Å²) in [5.74, 6) is -0.362. The number of carbonyl (C=O) groups excluding carboxylic acids is 1. The zero-order valence-corrected chi connectivity index (χ0v) is 15.3. The van der Waals surface area contributed by atoms with Crippen LogP contribution >= 0.6 is 0 Å². The third kappa shape index (κ3) is 5.35. The number of alkyl halides is 2. The zero-order valence-electron chi connectivity index (χ0n) is 14.5. The van der Waals surface area contributed by atoms with Crippen LogP contribution in [0.25, 0.3) is 6.08 Å². The molecule has 1 N–H and O–H groups in total. The van der Waals surface area contributed by atoms with Gasteiger partial charge in [-0.25, -0.2) is 13.1 Å². The summed E-state index contributed by atoms with van der Waals surface area (Å²) >= 11 is 0. The van der Waals surface area contributed by atoms with Crippen molar-refractivity contribution < 1.29 is 31.5 Å². The van der Waals surface area contributed by atoms with Crippen molar-refractivity contribution >= 4 is 21.9 Å². The molecule has 27 heavy (non-hydrogen) atoms. The topological polar surface area (TPSA) is 81.7 Å². The van der Waals surface area contributed by atoms with Gasteiger partial charge >= 0.3 is 6.61 Å². The van der Waals surface area contributed by atoms with Crippen LogP contribution < -0.4 is 14.2 Å². The monoisotopic (exact) mass is 397 g/mol. The lowest BCUT2D eigenvalue weighted by Gasteiger charge is -2.10. The molecule has 9 heteroatoms. The van der Waals surface area contributed by atoms with E-state index >= 15 is 0 Å². The molecular weight excluding hydrogens is 380 g/mol. The summed E-state index contributed by atoms with van der Waals surface area (Å²) in [7, 11) is -0.968. The normalized spacial score (nSPS) is 11.7. The van der Waals surface area contributed by atoms with Gasteiger partial charge in [-0.05, 0) is 55.1 Å². The molecule has 0 aliphatic rings. The van der Waals surface area contributed by atoms with Crippen LogP contribution in [0.3, 0.4) is 0 Å². The number of rotatable bonds is 8. The lowest BCUT2D eigenvalue weighted by Crippen LogP contribution is -2.18. The van der Waals surface area contributed by atoms with E-state index in [-0.39, 0.29) is 22.2 Å². The number of hydrogen-bond donors (Lipinski definition) is 1. The molecule has 0 radical (unpaired) electrons. The fourth-order valence-electron chi connectivity index (χ4n) is 2.17. The van der Waals surface area contributed by atoms with Crippen molar-refractivity contribution in [3.05, 3.63) is 59.7 Å². The smallest absolute Gasteiger partial charge is 0.387 e. The van der Waals surface area contributed by atoms with Crippen LogP contribution in [0.2, 0.25) is 0 Å². The molecule has 144 valence electrons. The highest BCUT2D eigenvalue weighted by Gasteiger charge is 2.12. The molecule has 0 saturated heterocycles. The summed E-state index contributed by atoms with van der Waals surface area (Å²) < 4.78 is 59.5. The van der Waals surface area contributed by atoms with Crippen LogP contribution in [0.1, 0.15) is 15.9 Å². The van der Waals surface area contributed by atoms with E-state index in [0.717, 1.165) is 0 Å². The van der Waals surface area contributed by atoms with E-state index in [1.807, 2.05) is 0 Å². The number of hydrogen-bond acceptors (Lipinski definition) is 5. The van der Waals surface area contributed by atoms with Gasteiger partial charge in [0.1, 0.15) is 0 Å². The molecule has 0 aromatic heterocycles. The molecule has 2 aromatic rings. The first-order valence-corrected chi connectivity index (χ1v) is 9.14. The second kappa shape index (κ2) is 8.74. The Balaban J connectivity index is 2.16. The van der Waals surface area contributed by atoms with Gasteiger partial charge in [0, 0.05) is 5.56 Å². The highest BCUT2D eigenvalue weighted by atomic mass is 32.2. The maximum Gasteiger partial charge on any atom is 0.387 e. The number of methoxy groups -OCH3 is 1. The number of allylic oxidation sites excluding steroid dienone is 1. The van der Waals surface area contributed by atoms with E-state index in [1.54, 1.807) is 0 Å². The average molecular weight is 397 g/mol. The second-order valence-corrected chi connectivity index (χ2v) is 7.10. The maximum absolute atomic E-state index is 12.3. The van der Waals surface area contributed by atoms with Gasteiger partial charge in [0.2, 0.25) is 10.0 Å². The second-order valence-electron chi connectivity index (χ2n) is 5.22. The first-order chi connectivity index (χ1) is 12.8. The van der Waals surface area contributed by atoms with E-state index in [2.05, 4.69) is 9.46 Å². The first kappa shape index (κ1) is 20.5. The molecule has 2 aromatic carbocycles. The minimum atomic E-state index is -3.57. The highest BCUT2D eigenvalue weighted by Crippen LogP contribution is 2.29. The lowest BCUT2D eigenvalue weighted by molar-refractivity contribution is -0.0512. The Kier molecular flexibility index (Phi) is 6.65. The largest absolute Gasteiger partial charge is 0.493 e. The highest BCUT2D eigenvalue weighted by molar-refractivity contribution is 7.89. The zero-order chi connectivity index (χ0) is 20.0. The molecule has 0 atom stereocenters. The Morgan fingerprint density at radius 1 is 1.11 bits per heavy atom. The van der Waals surface area contributed by atoms with Crippen LogP contribution in [0.5, 0.6) is 11.5 Å². The molecule has 6 nitrogen and oxygen atoms in total. The van der Waals surface area contributed by atoms with E-state index in [1.165, 1.54) is 68.8 Å². The van der Waals surface area contributed by atoms with E-state index in [4.69, 9.17) is 4.74 Å². The Morgan fingerprint density at radius 3 is 2.33 bits per heavy atom. The van der Waals surface area contributed by atoms with Gasteiger partial charge in [0.05, 0.1) is 12.0 Å². The summed E-state index contributed by atoms with van der Waals surface area (Å²) in [5, 5.41) is 0. The standard InChI is InChI=1S/C18H17F2NO5S/c1-21-27(23,24)14-7-5-13(6-8-14)15(22)9-3-12-4-10-16(26-18(19)20)17(11-12)25-2/h3-11,18,21H,1-2H3/b9-3+. The third-order valence-corrected chi connectivity index (χ3v) is 4.98. The Labute approximate surface area is 155 Å². The number of ether oxygens (including phenoxy) is 2. The quantitative estimate of drug-likeness (QED) is 0.547. The number of benzene rings is 2. The van der Waals surface area contributed by atoms with E-state index in [9.17, 15) is 22.0 Å². The minimum Gasteiger partial charge on any atom is -0.493 e. The van der Waals surface area contributed by atoms with Gasteiger partial charge in [-0.2, -0.15) is 8.78 Å². The van der Waals surface area contributed by atoms with Crippen molar-refractivity contribution in [2.75, 3.05) is 14.2 Å². The molecule has 0 spiro atoms. The summed E-state index contributed by atoms with van der Waals surface area (Å²) in [6.07, 6.45) is 2.76. The van der Waals surface area contributed by atoms with Crippen molar-refractivity contribution in [2.45, 2.75) is 11.5 Å². The summed E-state index contributed by atoms with van der Waals surface area (Å²) in [4.78, 5) is 12.3. The number of sulfonamides is 1. The fraction of sp³-hybridized carbons (Fsp3) is 0.167. The van der Waals surface area contributed by atoms with Crippen molar-refractivity contribution in [3.8, 4) is 11.5 Å². The van der Waals surface area contributed by atoms with Crippen molar-refractivity contribution in [2.24, 2.45) is 0 Å². The van der Waals surface area contributed by atoms with Gasteiger partial charge < -0.3 is 9.47 Å². The van der Waals surface area contributed by atoms with E-state index < -0.39 is 16.6 Å². The van der Waals surface area contributed by atoms with Gasteiger partial charge in [0.25, 0.3) is 0 Å². The molecule has 2 rings (SSSR count). The van der Waals surface area contributed by atoms with Crippen LogP contribution in [0.4, 0.5) is 8.78 Å². The predicted molar refractivity (Wildman–Crippen MR) is 95.7 cm³/mol. The third-order valence-electron chi connectivity index (χ3n) is 3.55. The molecule has 0 aliphatic heterocycles. The van der Waals surface area contributed by atoms with E-state index in [0.29, 0.717) is 11.1 Å². The fourth-order valence-corrected chi connectivity index (χ4v) is 2.90.